The number of rotatable bonds is 6. The molecule has 0 aromatic heterocycles. The summed E-state index contributed by atoms with van der Waals surface area (Å²) < 4.78 is 0. The summed E-state index contributed by atoms with van der Waals surface area (Å²) >= 11 is 1.38. The number of aryl methyl sites for hydroxylation is 1. The maximum Gasteiger partial charge on any atom is 0.269 e. The smallest absolute Gasteiger partial charge is 0.269 e. The summed E-state index contributed by atoms with van der Waals surface area (Å²) in [6.07, 6.45) is 0.502. The van der Waals surface area contributed by atoms with Crippen LogP contribution in [-0.4, -0.2) is 34.3 Å². The summed E-state index contributed by atoms with van der Waals surface area (Å²) in [5, 5.41) is 0. The number of carbonyl (C=O) groups excluding carboxylic acids is 4. The Morgan fingerprint density at radius 1 is 0.931 bits per heavy atom. The molecule has 0 bridgehead atoms. The zero-order valence-electron chi connectivity index (χ0n) is 15.9. The molecule has 2 aromatic rings. The average Bonchev–Trinajstić information content (AvgIpc) is 3.04. The van der Waals surface area contributed by atoms with Crippen molar-refractivity contribution in [3.05, 3.63) is 65.2 Å². The van der Waals surface area contributed by atoms with Gasteiger partial charge in [-0.1, -0.05) is 29.8 Å². The number of amides is 4. The zero-order valence-corrected chi connectivity index (χ0v) is 16.8. The molecule has 8 heteroatoms. The first-order valence-corrected chi connectivity index (χ1v) is 10.1. The van der Waals surface area contributed by atoms with Crippen LogP contribution < -0.4 is 10.9 Å². The van der Waals surface area contributed by atoms with E-state index in [1.54, 1.807) is 24.3 Å². The van der Waals surface area contributed by atoms with Gasteiger partial charge in [-0.05, 0) is 36.8 Å². The third-order valence-corrected chi connectivity index (χ3v) is 5.43. The molecule has 0 radical (unpaired) electrons. The van der Waals surface area contributed by atoms with Crippen molar-refractivity contribution in [1.82, 2.24) is 15.8 Å². The zero-order chi connectivity index (χ0) is 20.8. The van der Waals surface area contributed by atoms with E-state index in [2.05, 4.69) is 10.9 Å². The summed E-state index contributed by atoms with van der Waals surface area (Å²) in [7, 11) is 0. The molecule has 0 unspecified atom stereocenters. The van der Waals surface area contributed by atoms with Crippen molar-refractivity contribution < 1.29 is 19.2 Å². The molecule has 2 aromatic carbocycles. The van der Waals surface area contributed by atoms with Crippen molar-refractivity contribution in [3.63, 3.8) is 0 Å². The van der Waals surface area contributed by atoms with Crippen molar-refractivity contribution in [3.8, 4) is 0 Å². The fourth-order valence-corrected chi connectivity index (χ4v) is 3.46. The van der Waals surface area contributed by atoms with E-state index in [9.17, 15) is 19.2 Å². The summed E-state index contributed by atoms with van der Waals surface area (Å²) in [5.41, 5.74) is 7.03. The second-order valence-electron chi connectivity index (χ2n) is 6.67. The van der Waals surface area contributed by atoms with Crippen LogP contribution in [0, 0.1) is 6.92 Å². The van der Waals surface area contributed by atoms with E-state index in [4.69, 9.17) is 0 Å². The molecule has 1 aliphatic heterocycles. The fraction of sp³-hybridized carbons (Fsp3) is 0.238. The number of imide groups is 1. The summed E-state index contributed by atoms with van der Waals surface area (Å²) in [6.45, 7) is 2.20. The molecule has 1 aliphatic rings. The average molecular weight is 411 g/mol. The normalized spacial score (nSPS) is 13.5. The van der Waals surface area contributed by atoms with Gasteiger partial charge in [-0.25, -0.2) is 0 Å². The van der Waals surface area contributed by atoms with Crippen molar-refractivity contribution in [2.45, 2.75) is 31.2 Å². The third kappa shape index (κ3) is 5.68. The maximum absolute atomic E-state index is 12.2. The van der Waals surface area contributed by atoms with E-state index in [0.717, 1.165) is 16.0 Å². The third-order valence-electron chi connectivity index (χ3n) is 4.42. The highest BCUT2D eigenvalue weighted by atomic mass is 32.2. The molecule has 1 heterocycles. The lowest BCUT2D eigenvalue weighted by atomic mass is 10.1. The van der Waals surface area contributed by atoms with Crippen LogP contribution in [0.15, 0.2) is 53.4 Å². The second kappa shape index (κ2) is 9.38. The number of carbonyl (C=O) groups is 4. The van der Waals surface area contributed by atoms with E-state index in [1.165, 1.54) is 16.7 Å². The number of hydrogen-bond acceptors (Lipinski definition) is 5. The minimum Gasteiger partial charge on any atom is -0.278 e. The van der Waals surface area contributed by atoms with Crippen LogP contribution in [0.4, 0.5) is 0 Å². The molecular formula is C21H21N3O4S. The van der Waals surface area contributed by atoms with Gasteiger partial charge in [0.25, 0.3) is 5.91 Å². The lowest BCUT2D eigenvalue weighted by Crippen LogP contribution is -2.42. The van der Waals surface area contributed by atoms with Gasteiger partial charge < -0.3 is 0 Å². The van der Waals surface area contributed by atoms with Gasteiger partial charge in [0.1, 0.15) is 0 Å². The number of nitrogens with zero attached hydrogens (tertiary/aromatic N) is 1. The number of thioether (sulfide) groups is 1. The maximum atomic E-state index is 12.2. The lowest BCUT2D eigenvalue weighted by Gasteiger charge is -2.14. The van der Waals surface area contributed by atoms with Crippen LogP contribution in [0.5, 0.6) is 0 Å². The first-order chi connectivity index (χ1) is 13.9. The van der Waals surface area contributed by atoms with Crippen LogP contribution in [0.25, 0.3) is 0 Å². The highest BCUT2D eigenvalue weighted by Gasteiger charge is 2.28. The van der Waals surface area contributed by atoms with Gasteiger partial charge in [0, 0.05) is 23.3 Å². The molecule has 0 saturated carbocycles. The van der Waals surface area contributed by atoms with Gasteiger partial charge in [0.2, 0.25) is 17.7 Å². The standard InChI is InChI=1S/C21H21N3O4S/c1-14-2-8-17(9-3-14)29-13-18(25)22-23-21(28)16-6-4-15(5-7-16)12-24-19(26)10-11-20(24)27/h2-9H,10-13H2,1H3,(H,22,25)(H,23,28). The Morgan fingerprint density at radius 3 is 2.17 bits per heavy atom. The Balaban J connectivity index is 1.45. The Labute approximate surface area is 172 Å². The van der Waals surface area contributed by atoms with Crippen molar-refractivity contribution in [2.24, 2.45) is 0 Å². The largest absolute Gasteiger partial charge is 0.278 e. The molecule has 0 atom stereocenters. The molecule has 7 nitrogen and oxygen atoms in total. The van der Waals surface area contributed by atoms with Gasteiger partial charge in [0.05, 0.1) is 12.3 Å². The number of hydrazine groups is 1. The van der Waals surface area contributed by atoms with Gasteiger partial charge >= 0.3 is 0 Å². The molecule has 150 valence electrons. The number of benzene rings is 2. The molecule has 3 rings (SSSR count). The van der Waals surface area contributed by atoms with Crippen LogP contribution in [0.1, 0.15) is 34.3 Å². The quantitative estimate of drug-likeness (QED) is 0.432. The van der Waals surface area contributed by atoms with Gasteiger partial charge in [-0.15, -0.1) is 11.8 Å². The Kier molecular flexibility index (Phi) is 6.66. The van der Waals surface area contributed by atoms with Gasteiger partial charge in [-0.3, -0.25) is 34.9 Å². The molecule has 2 N–H and O–H groups in total. The predicted molar refractivity (Wildman–Crippen MR) is 109 cm³/mol. The van der Waals surface area contributed by atoms with Crippen molar-refractivity contribution >= 4 is 35.4 Å². The summed E-state index contributed by atoms with van der Waals surface area (Å²) in [4.78, 5) is 49.6. The first-order valence-electron chi connectivity index (χ1n) is 9.13. The second-order valence-corrected chi connectivity index (χ2v) is 7.72. The van der Waals surface area contributed by atoms with E-state index in [1.807, 2.05) is 31.2 Å². The lowest BCUT2D eigenvalue weighted by molar-refractivity contribution is -0.139. The van der Waals surface area contributed by atoms with E-state index >= 15 is 0 Å². The highest BCUT2D eigenvalue weighted by Crippen LogP contribution is 2.18. The molecule has 1 saturated heterocycles. The number of nitrogens with one attached hydrogen (secondary N) is 2. The molecule has 1 fully saturated rings. The van der Waals surface area contributed by atoms with Crippen LogP contribution in [0.2, 0.25) is 0 Å². The van der Waals surface area contributed by atoms with Crippen molar-refractivity contribution in [2.75, 3.05) is 5.75 Å². The SMILES string of the molecule is Cc1ccc(SCC(=O)NNC(=O)c2ccc(CN3C(=O)CCC3=O)cc2)cc1. The van der Waals surface area contributed by atoms with Gasteiger partial charge in [-0.2, -0.15) is 0 Å². The van der Waals surface area contributed by atoms with Gasteiger partial charge in [0.15, 0.2) is 0 Å². The van der Waals surface area contributed by atoms with E-state index in [0.29, 0.717) is 5.56 Å². The topological polar surface area (TPSA) is 95.6 Å². The molecular weight excluding hydrogens is 390 g/mol. The summed E-state index contributed by atoms with van der Waals surface area (Å²) in [5.74, 6) is -0.934. The number of hydrogen-bond donors (Lipinski definition) is 2. The Bertz CT molecular complexity index is 910. The van der Waals surface area contributed by atoms with Crippen LogP contribution in [0.3, 0.4) is 0 Å². The number of likely N-dealkylation sites (tertiary alicyclic amines) is 1. The molecule has 0 aliphatic carbocycles. The Morgan fingerprint density at radius 2 is 1.55 bits per heavy atom. The summed E-state index contributed by atoms with van der Waals surface area (Å²) in [6, 6.07) is 14.4. The van der Waals surface area contributed by atoms with Crippen molar-refractivity contribution in [1.29, 1.82) is 0 Å². The molecule has 0 spiro atoms. The highest BCUT2D eigenvalue weighted by molar-refractivity contribution is 8.00. The van der Waals surface area contributed by atoms with Crippen LogP contribution in [-0.2, 0) is 20.9 Å². The predicted octanol–water partition coefficient (Wildman–Crippen LogP) is 2.20. The van der Waals surface area contributed by atoms with Crippen LogP contribution >= 0.6 is 11.8 Å². The van der Waals surface area contributed by atoms with E-state index in [-0.39, 0.29) is 42.9 Å². The Hall–Kier alpha value is -3.13. The minimum absolute atomic E-state index is 0.178. The van der Waals surface area contributed by atoms with E-state index < -0.39 is 5.91 Å². The first kappa shape index (κ1) is 20.6. The minimum atomic E-state index is -0.446. The molecule has 29 heavy (non-hydrogen) atoms. The molecule has 4 amide bonds. The monoisotopic (exact) mass is 411 g/mol. The fourth-order valence-electron chi connectivity index (χ4n) is 2.76.